The first-order valence-electron chi connectivity index (χ1n) is 7.41. The van der Waals surface area contributed by atoms with E-state index in [1.54, 1.807) is 37.4 Å². The van der Waals surface area contributed by atoms with Crippen molar-refractivity contribution in [1.29, 1.82) is 0 Å². The molecule has 1 aliphatic rings. The van der Waals surface area contributed by atoms with Crippen molar-refractivity contribution in [3.05, 3.63) is 62.2 Å². The molecule has 1 saturated heterocycles. The minimum atomic E-state index is -0.802. The smallest absolute Gasteiger partial charge is 0.335 e. The zero-order valence-electron chi connectivity index (χ0n) is 13.5. The molecule has 0 unspecified atom stereocenters. The molecule has 3 rings (SSSR count). The van der Waals surface area contributed by atoms with E-state index in [-0.39, 0.29) is 5.57 Å². The summed E-state index contributed by atoms with van der Waals surface area (Å²) in [5.41, 5.74) is 0.819. The van der Waals surface area contributed by atoms with Gasteiger partial charge in [0.1, 0.15) is 11.3 Å². The van der Waals surface area contributed by atoms with Crippen LogP contribution in [0.4, 0.5) is 10.5 Å². The van der Waals surface area contributed by atoms with Gasteiger partial charge < -0.3 is 4.74 Å². The summed E-state index contributed by atoms with van der Waals surface area (Å²) in [4.78, 5) is 38.0. The quantitative estimate of drug-likeness (QED) is 0.412. The van der Waals surface area contributed by atoms with Crippen molar-refractivity contribution in [3.8, 4) is 5.75 Å². The van der Waals surface area contributed by atoms with E-state index in [4.69, 9.17) is 16.3 Å². The van der Waals surface area contributed by atoms with Gasteiger partial charge in [0.15, 0.2) is 0 Å². The van der Waals surface area contributed by atoms with Crippen molar-refractivity contribution in [3.63, 3.8) is 0 Å². The van der Waals surface area contributed by atoms with Gasteiger partial charge in [0, 0.05) is 5.02 Å². The van der Waals surface area contributed by atoms with Crippen molar-refractivity contribution in [2.75, 3.05) is 12.0 Å². The van der Waals surface area contributed by atoms with Gasteiger partial charge in [-0.15, -0.1) is 0 Å². The highest BCUT2D eigenvalue weighted by Crippen LogP contribution is 2.26. The van der Waals surface area contributed by atoms with Gasteiger partial charge >= 0.3 is 6.03 Å². The molecule has 0 aromatic heterocycles. The van der Waals surface area contributed by atoms with Gasteiger partial charge in [-0.2, -0.15) is 0 Å². The Kier molecular flexibility index (Phi) is 5.28. The van der Waals surface area contributed by atoms with Crippen LogP contribution in [0, 0.1) is 3.57 Å². The van der Waals surface area contributed by atoms with Crippen molar-refractivity contribution >= 4 is 63.8 Å². The number of anilines is 1. The highest BCUT2D eigenvalue weighted by molar-refractivity contribution is 14.1. The lowest BCUT2D eigenvalue weighted by atomic mass is 10.1. The third-order valence-electron chi connectivity index (χ3n) is 3.67. The van der Waals surface area contributed by atoms with Gasteiger partial charge in [0.2, 0.25) is 0 Å². The van der Waals surface area contributed by atoms with E-state index in [9.17, 15) is 14.4 Å². The summed E-state index contributed by atoms with van der Waals surface area (Å²) in [5, 5.41) is 2.65. The number of halogens is 2. The highest BCUT2D eigenvalue weighted by atomic mass is 127. The monoisotopic (exact) mass is 482 g/mol. The summed E-state index contributed by atoms with van der Waals surface area (Å²) >= 11 is 7.94. The number of rotatable bonds is 3. The first-order chi connectivity index (χ1) is 12.4. The Morgan fingerprint density at radius 1 is 1.12 bits per heavy atom. The number of amides is 4. The number of nitrogens with one attached hydrogen (secondary N) is 1. The molecule has 0 spiro atoms. The van der Waals surface area contributed by atoms with Gasteiger partial charge in [-0.05, 0) is 70.6 Å². The Morgan fingerprint density at radius 3 is 2.42 bits per heavy atom. The fourth-order valence-electron chi connectivity index (χ4n) is 2.42. The van der Waals surface area contributed by atoms with E-state index in [1.807, 2.05) is 0 Å². The Hall–Kier alpha value is -2.39. The topological polar surface area (TPSA) is 75.7 Å². The van der Waals surface area contributed by atoms with Crippen LogP contribution in [0.3, 0.4) is 0 Å². The second kappa shape index (κ2) is 7.46. The molecule has 2 aromatic carbocycles. The van der Waals surface area contributed by atoms with E-state index >= 15 is 0 Å². The number of ether oxygens (including phenoxy) is 1. The fourth-order valence-corrected chi connectivity index (χ4v) is 3.31. The highest BCUT2D eigenvalue weighted by Gasteiger charge is 2.36. The number of imide groups is 2. The summed E-state index contributed by atoms with van der Waals surface area (Å²) in [6, 6.07) is 10.6. The molecule has 132 valence electrons. The van der Waals surface area contributed by atoms with Crippen LogP contribution in [-0.2, 0) is 9.59 Å². The molecule has 1 N–H and O–H groups in total. The molecular formula is C18H12ClIN2O4. The van der Waals surface area contributed by atoms with Crippen LogP contribution in [0.5, 0.6) is 5.75 Å². The molecule has 0 atom stereocenters. The number of barbiturate groups is 1. The maximum absolute atomic E-state index is 12.8. The third kappa shape index (κ3) is 3.58. The average Bonchev–Trinajstić information content (AvgIpc) is 2.60. The normalized spacial score (nSPS) is 16.0. The molecule has 2 aromatic rings. The van der Waals surface area contributed by atoms with E-state index in [2.05, 4.69) is 27.9 Å². The lowest BCUT2D eigenvalue weighted by Gasteiger charge is -2.26. The van der Waals surface area contributed by atoms with Crippen LogP contribution < -0.4 is 15.0 Å². The zero-order valence-corrected chi connectivity index (χ0v) is 16.4. The molecule has 0 bridgehead atoms. The molecular weight excluding hydrogens is 471 g/mol. The first kappa shape index (κ1) is 18.4. The van der Waals surface area contributed by atoms with Crippen LogP contribution in [0.15, 0.2) is 48.0 Å². The van der Waals surface area contributed by atoms with E-state index in [0.29, 0.717) is 22.0 Å². The van der Waals surface area contributed by atoms with Crippen LogP contribution in [-0.4, -0.2) is 25.0 Å². The Bertz CT molecular complexity index is 941. The number of methoxy groups -OCH3 is 1. The lowest BCUT2D eigenvalue weighted by Crippen LogP contribution is -2.54. The van der Waals surface area contributed by atoms with Crippen LogP contribution in [0.1, 0.15) is 5.56 Å². The molecule has 4 amide bonds. The van der Waals surface area contributed by atoms with Crippen molar-refractivity contribution in [2.24, 2.45) is 0 Å². The summed E-state index contributed by atoms with van der Waals surface area (Å²) in [6.45, 7) is 0. The minimum absolute atomic E-state index is 0.138. The third-order valence-corrected chi connectivity index (χ3v) is 4.77. The molecule has 26 heavy (non-hydrogen) atoms. The van der Waals surface area contributed by atoms with E-state index < -0.39 is 17.8 Å². The zero-order chi connectivity index (χ0) is 18.8. The molecule has 0 saturated carbocycles. The molecule has 6 nitrogen and oxygen atoms in total. The first-order valence-corrected chi connectivity index (χ1v) is 8.87. The number of urea groups is 1. The van der Waals surface area contributed by atoms with Crippen LogP contribution >= 0.6 is 34.2 Å². The van der Waals surface area contributed by atoms with Gasteiger partial charge in [0.25, 0.3) is 11.8 Å². The summed E-state index contributed by atoms with van der Waals surface area (Å²) in [5.74, 6) is -0.756. The number of benzene rings is 2. The molecule has 1 heterocycles. The number of carbonyl (C=O) groups is 3. The summed E-state index contributed by atoms with van der Waals surface area (Å²) in [7, 11) is 1.56. The predicted molar refractivity (Wildman–Crippen MR) is 106 cm³/mol. The predicted octanol–water partition coefficient (Wildman–Crippen LogP) is 3.62. The Labute approximate surface area is 167 Å². The van der Waals surface area contributed by atoms with Crippen molar-refractivity contribution in [2.45, 2.75) is 0 Å². The van der Waals surface area contributed by atoms with Crippen molar-refractivity contribution < 1.29 is 19.1 Å². The van der Waals surface area contributed by atoms with Gasteiger partial charge in [-0.1, -0.05) is 17.7 Å². The number of carbonyl (C=O) groups excluding carboxylic acids is 3. The SMILES string of the molecule is COc1ccc(C=C2C(=O)NC(=O)N(c3ccc(Cl)cc3)C2=O)cc1I. The van der Waals surface area contributed by atoms with E-state index in [0.717, 1.165) is 8.47 Å². The van der Waals surface area contributed by atoms with Gasteiger partial charge in [-0.25, -0.2) is 9.69 Å². The maximum atomic E-state index is 12.8. The molecule has 1 aliphatic heterocycles. The molecule has 0 aliphatic carbocycles. The standard InChI is InChI=1S/C18H12ClIN2O4/c1-26-15-7-2-10(9-14(15)20)8-13-16(23)21-18(25)22(17(13)24)12-5-3-11(19)4-6-12/h2-9H,1H3,(H,21,23,25). The Morgan fingerprint density at radius 2 is 1.81 bits per heavy atom. The van der Waals surface area contributed by atoms with Crippen LogP contribution in [0.25, 0.3) is 6.08 Å². The largest absolute Gasteiger partial charge is 0.496 e. The second-order valence-electron chi connectivity index (χ2n) is 5.33. The second-order valence-corrected chi connectivity index (χ2v) is 6.93. The average molecular weight is 483 g/mol. The minimum Gasteiger partial charge on any atom is -0.496 e. The molecule has 0 radical (unpaired) electrons. The number of hydrogen-bond donors (Lipinski definition) is 1. The van der Waals surface area contributed by atoms with Crippen LogP contribution in [0.2, 0.25) is 5.02 Å². The maximum Gasteiger partial charge on any atom is 0.335 e. The fraction of sp³-hybridized carbons (Fsp3) is 0.0556. The van der Waals surface area contributed by atoms with Crippen molar-refractivity contribution in [1.82, 2.24) is 5.32 Å². The summed E-state index contributed by atoms with van der Waals surface area (Å²) in [6.07, 6.45) is 1.44. The van der Waals surface area contributed by atoms with E-state index in [1.165, 1.54) is 18.2 Å². The van der Waals surface area contributed by atoms with Gasteiger partial charge in [0.05, 0.1) is 16.4 Å². The molecule has 8 heteroatoms. The number of hydrogen-bond acceptors (Lipinski definition) is 4. The Balaban J connectivity index is 1.99. The summed E-state index contributed by atoms with van der Waals surface area (Å²) < 4.78 is 6.02. The molecule has 1 fully saturated rings. The number of nitrogens with zero attached hydrogens (tertiary/aromatic N) is 1. The lowest BCUT2D eigenvalue weighted by molar-refractivity contribution is -0.122. The van der Waals surface area contributed by atoms with Gasteiger partial charge in [-0.3, -0.25) is 14.9 Å².